The predicted octanol–water partition coefficient (Wildman–Crippen LogP) is 2.18. The molecule has 0 saturated heterocycles. The van der Waals surface area contributed by atoms with Gasteiger partial charge in [0.15, 0.2) is 5.16 Å². The van der Waals surface area contributed by atoms with Crippen molar-refractivity contribution in [3.05, 3.63) is 0 Å². The Morgan fingerprint density at radius 1 is 1.42 bits per heavy atom. The maximum Gasteiger partial charge on any atom is 0.313 e. The van der Waals surface area contributed by atoms with E-state index in [-0.39, 0.29) is 5.75 Å². The van der Waals surface area contributed by atoms with Gasteiger partial charge in [0.05, 0.1) is 5.75 Å². The van der Waals surface area contributed by atoms with Crippen molar-refractivity contribution in [2.45, 2.75) is 50.2 Å². The highest BCUT2D eigenvalue weighted by atomic mass is 32.2. The van der Waals surface area contributed by atoms with Crippen LogP contribution in [-0.4, -0.2) is 31.6 Å². The summed E-state index contributed by atoms with van der Waals surface area (Å²) in [6.45, 7) is 2.23. The Kier molecular flexibility index (Phi) is 4.68. The SMILES string of the molecule is CCC1CCC(n2c(N)nnc2SCC(=O)O)CC1. The lowest BCUT2D eigenvalue weighted by Crippen LogP contribution is -2.20. The molecule has 0 aliphatic heterocycles. The summed E-state index contributed by atoms with van der Waals surface area (Å²) in [5.41, 5.74) is 5.87. The van der Waals surface area contributed by atoms with E-state index in [4.69, 9.17) is 10.8 Å². The number of nitrogens with zero attached hydrogens (tertiary/aromatic N) is 3. The van der Waals surface area contributed by atoms with Gasteiger partial charge in [-0.05, 0) is 31.6 Å². The van der Waals surface area contributed by atoms with Gasteiger partial charge in [-0.1, -0.05) is 25.1 Å². The van der Waals surface area contributed by atoms with Crippen molar-refractivity contribution in [3.8, 4) is 0 Å². The zero-order chi connectivity index (χ0) is 13.8. The van der Waals surface area contributed by atoms with Gasteiger partial charge in [0.1, 0.15) is 0 Å². The highest BCUT2D eigenvalue weighted by molar-refractivity contribution is 7.99. The van der Waals surface area contributed by atoms with E-state index in [0.29, 0.717) is 17.1 Å². The molecule has 0 atom stereocenters. The van der Waals surface area contributed by atoms with E-state index in [1.807, 2.05) is 4.57 Å². The van der Waals surface area contributed by atoms with E-state index >= 15 is 0 Å². The monoisotopic (exact) mass is 284 g/mol. The molecule has 7 heteroatoms. The standard InChI is InChI=1S/C12H20N4O2S/c1-2-8-3-5-9(6-4-8)16-11(13)14-15-12(16)19-7-10(17)18/h8-9H,2-7H2,1H3,(H2,13,14)(H,17,18). The summed E-state index contributed by atoms with van der Waals surface area (Å²) >= 11 is 1.19. The summed E-state index contributed by atoms with van der Waals surface area (Å²) in [6, 6.07) is 0.314. The van der Waals surface area contributed by atoms with Gasteiger partial charge >= 0.3 is 5.97 Å². The molecule has 0 amide bonds. The molecule has 1 aromatic rings. The Bertz CT molecular complexity index is 441. The van der Waals surface area contributed by atoms with E-state index in [9.17, 15) is 4.79 Å². The molecular formula is C12H20N4O2S. The van der Waals surface area contributed by atoms with E-state index in [2.05, 4.69) is 17.1 Å². The maximum atomic E-state index is 10.6. The number of rotatable bonds is 5. The van der Waals surface area contributed by atoms with E-state index in [1.165, 1.54) is 31.0 Å². The second kappa shape index (κ2) is 6.27. The fourth-order valence-corrected chi connectivity index (χ4v) is 3.40. The molecule has 19 heavy (non-hydrogen) atoms. The lowest BCUT2D eigenvalue weighted by molar-refractivity contribution is -0.133. The van der Waals surface area contributed by atoms with E-state index < -0.39 is 5.97 Å². The van der Waals surface area contributed by atoms with E-state index in [0.717, 1.165) is 18.8 Å². The zero-order valence-corrected chi connectivity index (χ0v) is 11.9. The Morgan fingerprint density at radius 3 is 2.68 bits per heavy atom. The summed E-state index contributed by atoms with van der Waals surface area (Å²) in [5.74, 6) is 0.340. The first-order valence-corrected chi connectivity index (χ1v) is 7.65. The molecule has 1 aromatic heterocycles. The molecule has 0 unspecified atom stereocenters. The number of hydrogen-bond donors (Lipinski definition) is 2. The van der Waals surface area contributed by atoms with Crippen LogP contribution >= 0.6 is 11.8 Å². The number of carboxylic acid groups (broad SMARTS) is 1. The smallest absolute Gasteiger partial charge is 0.313 e. The normalized spacial score (nSPS) is 23.4. The summed E-state index contributed by atoms with van der Waals surface area (Å²) in [5, 5.41) is 17.2. The molecular weight excluding hydrogens is 264 g/mol. The third-order valence-electron chi connectivity index (χ3n) is 3.77. The minimum atomic E-state index is -0.854. The molecule has 1 saturated carbocycles. The second-order valence-electron chi connectivity index (χ2n) is 4.98. The van der Waals surface area contributed by atoms with Crippen molar-refractivity contribution in [2.75, 3.05) is 11.5 Å². The van der Waals surface area contributed by atoms with Gasteiger partial charge in [-0.25, -0.2) is 0 Å². The van der Waals surface area contributed by atoms with Crippen molar-refractivity contribution >= 4 is 23.7 Å². The van der Waals surface area contributed by atoms with E-state index in [1.54, 1.807) is 0 Å². The molecule has 0 radical (unpaired) electrons. The van der Waals surface area contributed by atoms with Crippen LogP contribution in [-0.2, 0) is 4.79 Å². The maximum absolute atomic E-state index is 10.6. The predicted molar refractivity (Wildman–Crippen MR) is 74.1 cm³/mol. The number of hydrogen-bond acceptors (Lipinski definition) is 5. The van der Waals surface area contributed by atoms with Gasteiger partial charge in [0, 0.05) is 6.04 Å². The number of thioether (sulfide) groups is 1. The average Bonchev–Trinajstić information content (AvgIpc) is 2.78. The lowest BCUT2D eigenvalue weighted by Gasteiger charge is -2.29. The highest BCUT2D eigenvalue weighted by Gasteiger charge is 2.25. The number of carbonyl (C=O) groups is 1. The average molecular weight is 284 g/mol. The minimum absolute atomic E-state index is 0.0115. The van der Waals surface area contributed by atoms with Crippen LogP contribution in [0.25, 0.3) is 0 Å². The fraction of sp³-hybridized carbons (Fsp3) is 0.750. The third kappa shape index (κ3) is 3.40. The first kappa shape index (κ1) is 14.2. The molecule has 1 aliphatic carbocycles. The molecule has 0 bridgehead atoms. The van der Waals surface area contributed by atoms with Crippen LogP contribution in [0.2, 0.25) is 0 Å². The molecule has 0 aromatic carbocycles. The van der Waals surface area contributed by atoms with Crippen LogP contribution < -0.4 is 5.73 Å². The zero-order valence-electron chi connectivity index (χ0n) is 11.1. The Balaban J connectivity index is 2.06. The van der Waals surface area contributed by atoms with Crippen molar-refractivity contribution in [1.29, 1.82) is 0 Å². The van der Waals surface area contributed by atoms with Crippen molar-refractivity contribution in [3.63, 3.8) is 0 Å². The van der Waals surface area contributed by atoms with Crippen molar-refractivity contribution in [2.24, 2.45) is 5.92 Å². The van der Waals surface area contributed by atoms with Crippen LogP contribution in [0.1, 0.15) is 45.1 Å². The minimum Gasteiger partial charge on any atom is -0.481 e. The van der Waals surface area contributed by atoms with Gasteiger partial charge in [-0.2, -0.15) is 0 Å². The second-order valence-corrected chi connectivity index (χ2v) is 5.92. The van der Waals surface area contributed by atoms with Crippen molar-refractivity contribution < 1.29 is 9.90 Å². The quantitative estimate of drug-likeness (QED) is 0.805. The van der Waals surface area contributed by atoms with Crippen molar-refractivity contribution in [1.82, 2.24) is 14.8 Å². The molecule has 1 aliphatic rings. The summed E-state index contributed by atoms with van der Waals surface area (Å²) < 4.78 is 1.92. The van der Waals surface area contributed by atoms with Crippen LogP contribution in [0, 0.1) is 5.92 Å². The largest absolute Gasteiger partial charge is 0.481 e. The molecule has 3 N–H and O–H groups in total. The van der Waals surface area contributed by atoms with Gasteiger partial charge in [-0.15, -0.1) is 10.2 Å². The van der Waals surface area contributed by atoms with Crippen LogP contribution in [0.3, 0.4) is 0 Å². The summed E-state index contributed by atoms with van der Waals surface area (Å²) in [7, 11) is 0. The summed E-state index contributed by atoms with van der Waals surface area (Å²) in [6.07, 6.45) is 5.76. The van der Waals surface area contributed by atoms with Crippen LogP contribution in [0.4, 0.5) is 5.95 Å². The van der Waals surface area contributed by atoms with Gasteiger partial charge in [0.2, 0.25) is 5.95 Å². The fourth-order valence-electron chi connectivity index (χ4n) is 2.67. The Labute approximate surface area is 116 Å². The first-order chi connectivity index (χ1) is 9.11. The molecule has 0 spiro atoms. The van der Waals surface area contributed by atoms with Crippen LogP contribution in [0.15, 0.2) is 5.16 Å². The van der Waals surface area contributed by atoms with Gasteiger partial charge in [0.25, 0.3) is 0 Å². The molecule has 1 heterocycles. The summed E-state index contributed by atoms with van der Waals surface area (Å²) in [4.78, 5) is 10.6. The van der Waals surface area contributed by atoms with Gasteiger partial charge < -0.3 is 10.8 Å². The number of aromatic nitrogens is 3. The molecule has 106 valence electrons. The third-order valence-corrected chi connectivity index (χ3v) is 4.70. The molecule has 2 rings (SSSR count). The Hall–Kier alpha value is -1.24. The molecule has 1 fully saturated rings. The molecule has 6 nitrogen and oxygen atoms in total. The number of carboxylic acids is 1. The Morgan fingerprint density at radius 2 is 2.11 bits per heavy atom. The number of anilines is 1. The van der Waals surface area contributed by atoms with Crippen LogP contribution in [0.5, 0.6) is 0 Å². The lowest BCUT2D eigenvalue weighted by atomic mass is 9.84. The topological polar surface area (TPSA) is 94.0 Å². The number of nitrogens with two attached hydrogens (primary N) is 1. The highest BCUT2D eigenvalue weighted by Crippen LogP contribution is 2.36. The number of aliphatic carboxylic acids is 1. The first-order valence-electron chi connectivity index (χ1n) is 6.66. The number of nitrogen functional groups attached to an aromatic ring is 1. The van der Waals surface area contributed by atoms with Gasteiger partial charge in [-0.3, -0.25) is 9.36 Å².